The third kappa shape index (κ3) is 1.56. The fourth-order valence-corrected chi connectivity index (χ4v) is 4.63. The Balaban J connectivity index is 1.82. The van der Waals surface area contributed by atoms with Crippen LogP contribution in [0.5, 0.6) is 0 Å². The Labute approximate surface area is 123 Å². The highest BCUT2D eigenvalue weighted by atomic mass is 17.3. The monoisotopic (exact) mass is 287 g/mol. The number of hydrogen-bond donors (Lipinski definition) is 1. The van der Waals surface area contributed by atoms with E-state index in [4.69, 9.17) is 23.4 Å². The summed E-state index contributed by atoms with van der Waals surface area (Å²) in [6, 6.07) is 0. The van der Waals surface area contributed by atoms with E-state index in [0.29, 0.717) is 18.8 Å². The van der Waals surface area contributed by atoms with Crippen LogP contribution in [0.15, 0.2) is 0 Å². The molecule has 4 heterocycles. The minimum Gasteiger partial charge on any atom is -0.368 e. The van der Waals surface area contributed by atoms with Gasteiger partial charge >= 0.3 is 0 Å². The lowest BCUT2D eigenvalue weighted by Gasteiger charge is -2.59. The Morgan fingerprint density at radius 1 is 1.20 bits per heavy atom. The molecule has 2 bridgehead atoms. The first-order valence-corrected chi connectivity index (χ1v) is 7.55. The van der Waals surface area contributed by atoms with Crippen molar-refractivity contribution in [3.63, 3.8) is 0 Å². The molecular weight excluding hydrogens is 260 g/mol. The Morgan fingerprint density at radius 3 is 2.85 bits per heavy atom. The smallest absolute Gasteiger partial charge is 0.201 e. The molecule has 5 fully saturated rings. The van der Waals surface area contributed by atoms with Gasteiger partial charge in [-0.1, -0.05) is 13.8 Å². The van der Waals surface area contributed by atoms with E-state index in [0.717, 1.165) is 12.8 Å². The number of aliphatic hydroxyl groups is 1. The van der Waals surface area contributed by atoms with Crippen LogP contribution in [0.3, 0.4) is 0 Å². The number of ether oxygens (including phenoxy) is 2. The topological polar surface area (TPSA) is 57.2 Å². The van der Waals surface area contributed by atoms with Crippen molar-refractivity contribution in [3.8, 4) is 0 Å². The molecule has 0 aromatic rings. The molecule has 0 amide bonds. The van der Waals surface area contributed by atoms with Crippen LogP contribution in [-0.4, -0.2) is 29.1 Å². The molecule has 0 radical (unpaired) electrons. The number of hydrogen-bond acceptors (Lipinski definition) is 5. The molecule has 20 heavy (non-hydrogen) atoms. The van der Waals surface area contributed by atoms with Crippen LogP contribution in [0.4, 0.5) is 0 Å². The lowest BCUT2D eigenvalue weighted by Crippen LogP contribution is -2.70. The van der Waals surface area contributed by atoms with Crippen molar-refractivity contribution in [2.45, 2.75) is 70.4 Å². The van der Waals surface area contributed by atoms with Gasteiger partial charge in [0.15, 0.2) is 18.2 Å². The summed E-state index contributed by atoms with van der Waals surface area (Å²) in [5, 5.41) is 10.4. The number of rotatable bonds is 0. The number of fused-ring (bicyclic) bond motifs is 2. The van der Waals surface area contributed by atoms with Gasteiger partial charge in [-0.15, -0.1) is 0 Å². The van der Waals surface area contributed by atoms with Crippen molar-refractivity contribution in [2.24, 2.45) is 23.7 Å². The third-order valence-corrected chi connectivity index (χ3v) is 5.78. The zero-order valence-electron chi connectivity index (χ0n) is 14.9. The van der Waals surface area contributed by atoms with E-state index in [9.17, 15) is 5.11 Å². The second kappa shape index (κ2) is 4.17. The Hall–Kier alpha value is -0.200. The second-order valence-electron chi connectivity index (χ2n) is 6.96. The van der Waals surface area contributed by atoms with Gasteiger partial charge in [-0.3, -0.25) is 0 Å². The zero-order valence-corrected chi connectivity index (χ0v) is 11.9. The molecule has 1 aliphatic carbocycles. The van der Waals surface area contributed by atoms with Gasteiger partial charge in [-0.2, -0.15) is 0 Å². The molecule has 0 aromatic carbocycles. The molecule has 4 aliphatic heterocycles. The molecule has 4 unspecified atom stereocenters. The average Bonchev–Trinajstić information content (AvgIpc) is 2.66. The van der Waals surface area contributed by atoms with Gasteiger partial charge in [0.05, 0.1) is 0 Å². The van der Waals surface area contributed by atoms with Gasteiger partial charge in [0, 0.05) is 22.4 Å². The van der Waals surface area contributed by atoms with Crippen molar-refractivity contribution in [1.82, 2.24) is 0 Å². The van der Waals surface area contributed by atoms with Gasteiger partial charge in [-0.25, -0.2) is 9.78 Å². The lowest BCUT2D eigenvalue weighted by atomic mass is 9.58. The SMILES string of the molecule is [2H]C([2H])([2H])[C@H]1C(O)OC2O[C@@]3(C)CCC4[C@H](C)CCC1[C@@]24OO3. The van der Waals surface area contributed by atoms with Crippen LogP contribution in [0.25, 0.3) is 0 Å². The lowest BCUT2D eigenvalue weighted by molar-refractivity contribution is -0.576. The number of aliphatic hydroxyl groups excluding tert-OH is 1. The Bertz CT molecular complexity index is 500. The second-order valence-corrected chi connectivity index (χ2v) is 6.96. The highest BCUT2D eigenvalue weighted by Gasteiger charge is 2.69. The van der Waals surface area contributed by atoms with Gasteiger partial charge in [-0.05, 0) is 38.0 Å². The van der Waals surface area contributed by atoms with E-state index >= 15 is 0 Å². The van der Waals surface area contributed by atoms with Crippen LogP contribution in [0.1, 0.15) is 50.5 Å². The quantitative estimate of drug-likeness (QED) is 0.692. The van der Waals surface area contributed by atoms with Crippen molar-refractivity contribution in [3.05, 3.63) is 0 Å². The van der Waals surface area contributed by atoms with Gasteiger partial charge in [0.2, 0.25) is 5.79 Å². The normalized spacial score (nSPS) is 64.7. The van der Waals surface area contributed by atoms with Crippen LogP contribution in [0, 0.1) is 23.7 Å². The van der Waals surface area contributed by atoms with Crippen LogP contribution < -0.4 is 0 Å². The van der Waals surface area contributed by atoms with Crippen LogP contribution >= 0.6 is 0 Å². The summed E-state index contributed by atoms with van der Waals surface area (Å²) in [5.41, 5.74) is -0.952. The third-order valence-electron chi connectivity index (χ3n) is 5.78. The summed E-state index contributed by atoms with van der Waals surface area (Å²) in [5.74, 6) is -1.84. The summed E-state index contributed by atoms with van der Waals surface area (Å²) in [4.78, 5) is 11.5. The minimum atomic E-state index is -2.33. The molecule has 1 N–H and O–H groups in total. The Morgan fingerprint density at radius 2 is 2.05 bits per heavy atom. The first-order chi connectivity index (χ1) is 10.7. The zero-order chi connectivity index (χ0) is 16.6. The van der Waals surface area contributed by atoms with Gasteiger partial charge in [0.1, 0.15) is 0 Å². The van der Waals surface area contributed by atoms with Crippen molar-refractivity contribution >= 4 is 0 Å². The van der Waals surface area contributed by atoms with Gasteiger partial charge < -0.3 is 14.6 Å². The van der Waals surface area contributed by atoms with Crippen molar-refractivity contribution in [2.75, 3.05) is 0 Å². The molecule has 5 heteroatoms. The maximum absolute atomic E-state index is 10.4. The molecule has 5 nitrogen and oxygen atoms in total. The van der Waals surface area contributed by atoms with E-state index in [1.54, 1.807) is 6.92 Å². The molecule has 5 aliphatic rings. The maximum atomic E-state index is 10.4. The summed E-state index contributed by atoms with van der Waals surface area (Å²) in [6.07, 6.45) is 0.867. The van der Waals surface area contributed by atoms with E-state index in [-0.39, 0.29) is 11.8 Å². The van der Waals surface area contributed by atoms with E-state index in [1.165, 1.54) is 0 Å². The molecule has 0 aromatic heterocycles. The predicted molar refractivity (Wildman–Crippen MR) is 69.0 cm³/mol. The first-order valence-electron chi connectivity index (χ1n) is 9.05. The molecule has 1 spiro atoms. The summed E-state index contributed by atoms with van der Waals surface area (Å²) < 4.78 is 35.2. The van der Waals surface area contributed by atoms with E-state index < -0.39 is 36.7 Å². The molecule has 8 atom stereocenters. The molecule has 5 rings (SSSR count). The summed E-state index contributed by atoms with van der Waals surface area (Å²) in [7, 11) is 0. The fraction of sp³-hybridized carbons (Fsp3) is 1.00. The molecule has 114 valence electrons. The van der Waals surface area contributed by atoms with Crippen molar-refractivity contribution in [1.29, 1.82) is 0 Å². The predicted octanol–water partition coefficient (Wildman–Crippen LogP) is 2.19. The van der Waals surface area contributed by atoms with Crippen LogP contribution in [0.2, 0.25) is 0 Å². The highest BCUT2D eigenvalue weighted by molar-refractivity contribution is 5.08. The average molecular weight is 287 g/mol. The largest absolute Gasteiger partial charge is 0.368 e. The molecule has 1 saturated carbocycles. The fourth-order valence-electron chi connectivity index (χ4n) is 4.63. The molecule has 4 saturated heterocycles. The summed E-state index contributed by atoms with van der Waals surface area (Å²) in [6.45, 7) is 1.63. The van der Waals surface area contributed by atoms with E-state index in [2.05, 4.69) is 6.92 Å². The maximum Gasteiger partial charge on any atom is 0.201 e. The molecular formula is C15H24O5. The van der Waals surface area contributed by atoms with Gasteiger partial charge in [0.25, 0.3) is 0 Å². The van der Waals surface area contributed by atoms with Crippen LogP contribution in [-0.2, 0) is 19.2 Å². The first kappa shape index (κ1) is 10.5. The van der Waals surface area contributed by atoms with E-state index in [1.807, 2.05) is 0 Å². The summed E-state index contributed by atoms with van der Waals surface area (Å²) >= 11 is 0. The highest BCUT2D eigenvalue weighted by Crippen LogP contribution is 2.60. The van der Waals surface area contributed by atoms with Crippen molar-refractivity contribution < 1.29 is 28.5 Å². The Kier molecular flexibility index (Phi) is 2.19. The minimum absolute atomic E-state index is 0.0907. The standard InChI is InChI=1S/C15H24O5/c1-8-4-5-11-9(2)12(16)17-13-15(11)10(8)6-7-14(3,18-13)19-20-15/h8-13,16H,4-7H2,1-3H3/t8-,9-,10?,11?,12?,13?,14-,15-/m1/s1/i2D3.